The molecule has 1 aliphatic heterocycles. The van der Waals surface area contributed by atoms with Gasteiger partial charge in [0.2, 0.25) is 5.95 Å². The molecule has 128 valence electrons. The smallest absolute Gasteiger partial charge is 0.225 e. The molecule has 25 heavy (non-hydrogen) atoms. The average Bonchev–Trinajstić information content (AvgIpc) is 3.19. The number of anilines is 1. The fourth-order valence-electron chi connectivity index (χ4n) is 3.11. The van der Waals surface area contributed by atoms with E-state index in [2.05, 4.69) is 37.1 Å². The Morgan fingerprint density at radius 1 is 1.04 bits per heavy atom. The predicted octanol–water partition coefficient (Wildman–Crippen LogP) is 2.53. The Morgan fingerprint density at radius 3 is 2.52 bits per heavy atom. The Morgan fingerprint density at radius 2 is 1.84 bits per heavy atom. The summed E-state index contributed by atoms with van der Waals surface area (Å²) >= 11 is 0. The minimum atomic E-state index is 0.358. The van der Waals surface area contributed by atoms with Crippen LogP contribution in [0.3, 0.4) is 0 Å². The highest BCUT2D eigenvalue weighted by molar-refractivity contribution is 5.51. The van der Waals surface area contributed by atoms with Crippen LogP contribution in [0.2, 0.25) is 0 Å². The molecule has 4 heterocycles. The molecule has 0 aromatic carbocycles. The lowest BCUT2D eigenvalue weighted by atomic mass is 10.1. The van der Waals surface area contributed by atoms with Crippen LogP contribution in [0.15, 0.2) is 43.0 Å². The number of aryl methyl sites for hydroxylation is 1. The normalized spacial score (nSPS) is 15.5. The molecule has 1 aliphatic rings. The first-order valence-corrected chi connectivity index (χ1v) is 8.72. The van der Waals surface area contributed by atoms with Gasteiger partial charge in [-0.05, 0) is 37.0 Å². The van der Waals surface area contributed by atoms with Crippen LogP contribution in [-0.4, -0.2) is 43.0 Å². The second kappa shape index (κ2) is 6.96. The second-order valence-corrected chi connectivity index (χ2v) is 6.26. The molecular formula is C18H21N7. The minimum absolute atomic E-state index is 0.358. The zero-order valence-corrected chi connectivity index (χ0v) is 14.3. The fourth-order valence-corrected chi connectivity index (χ4v) is 3.11. The van der Waals surface area contributed by atoms with E-state index in [0.29, 0.717) is 6.04 Å². The molecule has 1 saturated heterocycles. The third-order valence-corrected chi connectivity index (χ3v) is 4.66. The largest absolute Gasteiger partial charge is 0.341 e. The van der Waals surface area contributed by atoms with E-state index in [4.69, 9.17) is 0 Å². The van der Waals surface area contributed by atoms with Crippen molar-refractivity contribution in [3.63, 3.8) is 0 Å². The number of nitrogens with zero attached hydrogens (tertiary/aromatic N) is 7. The van der Waals surface area contributed by atoms with Gasteiger partial charge in [-0.1, -0.05) is 18.2 Å². The quantitative estimate of drug-likeness (QED) is 0.729. The molecule has 0 unspecified atom stereocenters. The van der Waals surface area contributed by atoms with Gasteiger partial charge in [0.1, 0.15) is 5.69 Å². The van der Waals surface area contributed by atoms with Crippen LogP contribution in [0.1, 0.15) is 31.4 Å². The maximum atomic E-state index is 4.49. The highest BCUT2D eigenvalue weighted by Gasteiger charge is 2.23. The van der Waals surface area contributed by atoms with E-state index in [0.717, 1.165) is 49.7 Å². The van der Waals surface area contributed by atoms with Crippen molar-refractivity contribution < 1.29 is 0 Å². The number of rotatable bonds is 4. The molecule has 0 saturated carbocycles. The molecule has 0 spiro atoms. The molecular weight excluding hydrogens is 314 g/mol. The van der Waals surface area contributed by atoms with E-state index in [9.17, 15) is 0 Å². The average molecular weight is 335 g/mol. The third-order valence-electron chi connectivity index (χ3n) is 4.66. The fraction of sp³-hybridized carbons (Fsp3) is 0.389. The Hall–Kier alpha value is -2.83. The van der Waals surface area contributed by atoms with Gasteiger partial charge in [0.25, 0.3) is 0 Å². The maximum Gasteiger partial charge on any atom is 0.225 e. The summed E-state index contributed by atoms with van der Waals surface area (Å²) in [7, 11) is 0. The molecule has 1 fully saturated rings. The van der Waals surface area contributed by atoms with Crippen molar-refractivity contribution in [2.24, 2.45) is 0 Å². The first-order chi connectivity index (χ1) is 12.3. The highest BCUT2D eigenvalue weighted by Crippen LogP contribution is 2.25. The van der Waals surface area contributed by atoms with E-state index in [1.54, 1.807) is 6.20 Å². The van der Waals surface area contributed by atoms with Gasteiger partial charge in [-0.25, -0.2) is 14.6 Å². The van der Waals surface area contributed by atoms with Crippen LogP contribution in [0, 0.1) is 0 Å². The third kappa shape index (κ3) is 3.35. The van der Waals surface area contributed by atoms with Gasteiger partial charge in [0.15, 0.2) is 0 Å². The van der Waals surface area contributed by atoms with Crippen molar-refractivity contribution in [3.8, 4) is 11.4 Å². The highest BCUT2D eigenvalue weighted by atomic mass is 15.4. The van der Waals surface area contributed by atoms with Crippen molar-refractivity contribution in [1.29, 1.82) is 0 Å². The summed E-state index contributed by atoms with van der Waals surface area (Å²) in [5.41, 5.74) is 2.85. The first-order valence-electron chi connectivity index (χ1n) is 8.72. The number of aromatic nitrogens is 6. The zero-order valence-electron chi connectivity index (χ0n) is 14.3. The van der Waals surface area contributed by atoms with Crippen LogP contribution < -0.4 is 4.90 Å². The molecule has 3 aromatic rings. The Labute approximate surface area is 146 Å². The SMILES string of the molecule is CCc1cnc(N2CCC(n3cc(-c4ccccn4)nn3)CC2)nc1. The molecule has 0 N–H and O–H groups in total. The second-order valence-electron chi connectivity index (χ2n) is 6.26. The van der Waals surface area contributed by atoms with Gasteiger partial charge < -0.3 is 4.90 Å². The molecule has 0 bridgehead atoms. The van der Waals surface area contributed by atoms with Crippen LogP contribution in [0.25, 0.3) is 11.4 Å². The zero-order chi connectivity index (χ0) is 17.1. The number of hydrogen-bond acceptors (Lipinski definition) is 6. The van der Waals surface area contributed by atoms with E-state index >= 15 is 0 Å². The van der Waals surface area contributed by atoms with E-state index in [1.165, 1.54) is 5.56 Å². The predicted molar refractivity (Wildman–Crippen MR) is 95.1 cm³/mol. The van der Waals surface area contributed by atoms with Gasteiger partial charge in [-0.3, -0.25) is 4.98 Å². The topological polar surface area (TPSA) is 72.6 Å². The molecule has 0 aliphatic carbocycles. The Kier molecular flexibility index (Phi) is 4.37. The van der Waals surface area contributed by atoms with Gasteiger partial charge >= 0.3 is 0 Å². The van der Waals surface area contributed by atoms with E-state index in [-0.39, 0.29) is 0 Å². The number of pyridine rings is 1. The van der Waals surface area contributed by atoms with Crippen LogP contribution in [-0.2, 0) is 6.42 Å². The van der Waals surface area contributed by atoms with Crippen molar-refractivity contribution in [2.45, 2.75) is 32.2 Å². The van der Waals surface area contributed by atoms with Crippen molar-refractivity contribution in [1.82, 2.24) is 29.9 Å². The Balaban J connectivity index is 1.41. The van der Waals surface area contributed by atoms with Gasteiger partial charge in [-0.15, -0.1) is 5.10 Å². The maximum absolute atomic E-state index is 4.49. The van der Waals surface area contributed by atoms with Crippen LogP contribution in [0.4, 0.5) is 5.95 Å². The molecule has 0 radical (unpaired) electrons. The minimum Gasteiger partial charge on any atom is -0.341 e. The summed E-state index contributed by atoms with van der Waals surface area (Å²) in [4.78, 5) is 15.5. The van der Waals surface area contributed by atoms with Crippen LogP contribution in [0.5, 0.6) is 0 Å². The summed E-state index contributed by atoms with van der Waals surface area (Å²) in [6, 6.07) is 6.17. The van der Waals surface area contributed by atoms with Crippen molar-refractivity contribution in [3.05, 3.63) is 48.5 Å². The lowest BCUT2D eigenvalue weighted by molar-refractivity contribution is 0.358. The number of piperidine rings is 1. The first kappa shape index (κ1) is 15.7. The molecule has 7 nitrogen and oxygen atoms in total. The van der Waals surface area contributed by atoms with E-state index in [1.807, 2.05) is 41.5 Å². The van der Waals surface area contributed by atoms with Gasteiger partial charge in [-0.2, -0.15) is 0 Å². The molecule has 0 atom stereocenters. The lowest BCUT2D eigenvalue weighted by Gasteiger charge is -2.31. The van der Waals surface area contributed by atoms with Gasteiger partial charge in [0.05, 0.1) is 17.9 Å². The van der Waals surface area contributed by atoms with Crippen LogP contribution >= 0.6 is 0 Å². The summed E-state index contributed by atoms with van der Waals surface area (Å²) in [5, 5.41) is 8.58. The summed E-state index contributed by atoms with van der Waals surface area (Å²) < 4.78 is 1.97. The molecule has 3 aromatic heterocycles. The summed E-state index contributed by atoms with van der Waals surface area (Å²) in [6.07, 6.45) is 10.6. The lowest BCUT2D eigenvalue weighted by Crippen LogP contribution is -2.35. The van der Waals surface area contributed by atoms with Gasteiger partial charge in [0, 0.05) is 31.7 Å². The van der Waals surface area contributed by atoms with E-state index < -0.39 is 0 Å². The Bertz CT molecular complexity index is 805. The summed E-state index contributed by atoms with van der Waals surface area (Å²) in [6.45, 7) is 3.96. The van der Waals surface area contributed by atoms with Crippen molar-refractivity contribution >= 4 is 5.95 Å². The molecule has 4 rings (SSSR count). The van der Waals surface area contributed by atoms with Crippen molar-refractivity contribution in [2.75, 3.05) is 18.0 Å². The monoisotopic (exact) mass is 335 g/mol. The number of hydrogen-bond donors (Lipinski definition) is 0. The molecule has 7 heteroatoms. The standard InChI is InChI=1S/C18H21N7/c1-2-14-11-20-18(21-12-14)24-9-6-15(7-10-24)25-13-17(22-23-25)16-5-3-4-8-19-16/h3-5,8,11-13,15H,2,6-7,9-10H2,1H3. The molecule has 0 amide bonds. The summed E-state index contributed by atoms with van der Waals surface area (Å²) in [5.74, 6) is 0.823.